The highest BCUT2D eigenvalue weighted by Crippen LogP contribution is 2.28. The molecule has 2 aromatic rings. The zero-order valence-electron chi connectivity index (χ0n) is 9.93. The van der Waals surface area contributed by atoms with Crippen LogP contribution in [0.2, 0.25) is 0 Å². The van der Waals surface area contributed by atoms with Crippen LogP contribution in [-0.2, 0) is 12.4 Å². The lowest BCUT2D eigenvalue weighted by atomic mass is 10.2. The standard InChI is InChI=1S/C13H13BrN2OS/c1-9-10(7-17)6-15-13(16-9)8-18-12-5-3-2-4-11(12)14/h2-6,17H,7-8H2,1H3. The number of rotatable bonds is 4. The van der Waals surface area contributed by atoms with E-state index in [1.54, 1.807) is 18.0 Å². The molecule has 0 spiro atoms. The first kappa shape index (κ1) is 13.5. The summed E-state index contributed by atoms with van der Waals surface area (Å²) in [6.07, 6.45) is 1.69. The summed E-state index contributed by atoms with van der Waals surface area (Å²) in [5, 5.41) is 9.06. The van der Waals surface area contributed by atoms with Crippen molar-refractivity contribution in [1.82, 2.24) is 9.97 Å². The van der Waals surface area contributed by atoms with E-state index in [1.807, 2.05) is 25.1 Å². The zero-order chi connectivity index (χ0) is 13.0. The van der Waals surface area contributed by atoms with E-state index < -0.39 is 0 Å². The highest BCUT2D eigenvalue weighted by Gasteiger charge is 2.05. The SMILES string of the molecule is Cc1nc(CSc2ccccc2Br)ncc1CO. The van der Waals surface area contributed by atoms with Gasteiger partial charge in [-0.1, -0.05) is 12.1 Å². The number of aromatic nitrogens is 2. The molecule has 1 heterocycles. The second kappa shape index (κ2) is 6.31. The second-order valence-electron chi connectivity index (χ2n) is 3.77. The van der Waals surface area contributed by atoms with Crippen molar-refractivity contribution < 1.29 is 5.11 Å². The van der Waals surface area contributed by atoms with Crippen molar-refractivity contribution in [3.05, 3.63) is 52.0 Å². The number of nitrogens with zero attached hydrogens (tertiary/aromatic N) is 2. The molecule has 1 aromatic carbocycles. The average molecular weight is 325 g/mol. The fourth-order valence-corrected chi connectivity index (χ4v) is 2.90. The van der Waals surface area contributed by atoms with Crippen molar-refractivity contribution in [3.63, 3.8) is 0 Å². The minimum Gasteiger partial charge on any atom is -0.392 e. The fourth-order valence-electron chi connectivity index (χ4n) is 1.47. The van der Waals surface area contributed by atoms with E-state index in [9.17, 15) is 0 Å². The van der Waals surface area contributed by atoms with Gasteiger partial charge < -0.3 is 5.11 Å². The van der Waals surface area contributed by atoms with Crippen molar-refractivity contribution in [2.75, 3.05) is 0 Å². The van der Waals surface area contributed by atoms with Gasteiger partial charge in [-0.2, -0.15) is 0 Å². The van der Waals surface area contributed by atoms with Gasteiger partial charge in [0.2, 0.25) is 0 Å². The van der Waals surface area contributed by atoms with Gasteiger partial charge in [0.15, 0.2) is 0 Å². The van der Waals surface area contributed by atoms with Crippen LogP contribution in [0.4, 0.5) is 0 Å². The Kier molecular flexibility index (Phi) is 4.74. The third-order valence-electron chi connectivity index (χ3n) is 2.49. The van der Waals surface area contributed by atoms with Crippen LogP contribution in [0.3, 0.4) is 0 Å². The van der Waals surface area contributed by atoms with E-state index in [-0.39, 0.29) is 6.61 Å². The Morgan fingerprint density at radius 1 is 1.33 bits per heavy atom. The van der Waals surface area contributed by atoms with E-state index in [1.165, 1.54) is 4.90 Å². The van der Waals surface area contributed by atoms with Gasteiger partial charge in [0.25, 0.3) is 0 Å². The van der Waals surface area contributed by atoms with Gasteiger partial charge >= 0.3 is 0 Å². The molecule has 0 bridgehead atoms. The van der Waals surface area contributed by atoms with Crippen LogP contribution in [0.1, 0.15) is 17.1 Å². The normalized spacial score (nSPS) is 10.6. The van der Waals surface area contributed by atoms with Gasteiger partial charge in [0, 0.05) is 26.8 Å². The first-order chi connectivity index (χ1) is 8.70. The summed E-state index contributed by atoms with van der Waals surface area (Å²) in [6.45, 7) is 1.88. The Balaban J connectivity index is 2.07. The second-order valence-corrected chi connectivity index (χ2v) is 5.65. The summed E-state index contributed by atoms with van der Waals surface area (Å²) in [7, 11) is 0. The predicted molar refractivity (Wildman–Crippen MR) is 76.4 cm³/mol. The highest BCUT2D eigenvalue weighted by atomic mass is 79.9. The van der Waals surface area contributed by atoms with Gasteiger partial charge in [0.1, 0.15) is 5.82 Å². The number of aliphatic hydroxyl groups is 1. The average Bonchev–Trinajstić information content (AvgIpc) is 2.38. The van der Waals surface area contributed by atoms with Gasteiger partial charge in [-0.05, 0) is 35.0 Å². The summed E-state index contributed by atoms with van der Waals surface area (Å²) in [4.78, 5) is 9.80. The molecule has 0 aliphatic rings. The molecule has 0 aliphatic carbocycles. The first-order valence-electron chi connectivity index (χ1n) is 5.50. The molecule has 0 saturated heterocycles. The third kappa shape index (κ3) is 3.31. The molecule has 1 aromatic heterocycles. The van der Waals surface area contributed by atoms with Gasteiger partial charge in [-0.3, -0.25) is 0 Å². The largest absolute Gasteiger partial charge is 0.392 e. The maximum Gasteiger partial charge on any atom is 0.138 e. The van der Waals surface area contributed by atoms with E-state index >= 15 is 0 Å². The van der Waals surface area contributed by atoms with Gasteiger partial charge in [-0.25, -0.2) is 9.97 Å². The smallest absolute Gasteiger partial charge is 0.138 e. The molecular formula is C13H13BrN2OS. The van der Waals surface area contributed by atoms with Crippen LogP contribution in [0.15, 0.2) is 39.8 Å². The van der Waals surface area contributed by atoms with Crippen LogP contribution in [-0.4, -0.2) is 15.1 Å². The lowest BCUT2D eigenvalue weighted by Gasteiger charge is -2.05. The molecule has 1 N–H and O–H groups in total. The zero-order valence-corrected chi connectivity index (χ0v) is 12.3. The number of thioether (sulfide) groups is 1. The van der Waals surface area contributed by atoms with Crippen LogP contribution in [0.25, 0.3) is 0 Å². The van der Waals surface area contributed by atoms with Crippen molar-refractivity contribution in [3.8, 4) is 0 Å². The van der Waals surface area contributed by atoms with Gasteiger partial charge in [-0.15, -0.1) is 11.8 Å². The minimum atomic E-state index is -0.0104. The quantitative estimate of drug-likeness (QED) is 0.876. The monoisotopic (exact) mass is 324 g/mol. The molecule has 0 atom stereocenters. The van der Waals surface area contributed by atoms with E-state index in [2.05, 4.69) is 32.0 Å². The molecule has 0 amide bonds. The Hall–Kier alpha value is -0.910. The topological polar surface area (TPSA) is 46.0 Å². The Morgan fingerprint density at radius 3 is 2.78 bits per heavy atom. The van der Waals surface area contributed by atoms with Crippen LogP contribution < -0.4 is 0 Å². The lowest BCUT2D eigenvalue weighted by molar-refractivity contribution is 0.280. The molecular weight excluding hydrogens is 312 g/mol. The Labute approximate surface area is 119 Å². The molecule has 0 unspecified atom stereocenters. The van der Waals surface area contributed by atoms with Crippen LogP contribution in [0, 0.1) is 6.92 Å². The van der Waals surface area contributed by atoms with Crippen molar-refractivity contribution in [2.24, 2.45) is 0 Å². The number of aryl methyl sites for hydroxylation is 1. The van der Waals surface area contributed by atoms with Crippen LogP contribution >= 0.6 is 27.7 Å². The maximum absolute atomic E-state index is 9.06. The van der Waals surface area contributed by atoms with Crippen molar-refractivity contribution in [1.29, 1.82) is 0 Å². The fraction of sp³-hybridized carbons (Fsp3) is 0.231. The van der Waals surface area contributed by atoms with Crippen molar-refractivity contribution in [2.45, 2.75) is 24.2 Å². The molecule has 18 heavy (non-hydrogen) atoms. The Morgan fingerprint density at radius 2 is 2.11 bits per heavy atom. The third-order valence-corrected chi connectivity index (χ3v) is 4.52. The summed E-state index contributed by atoms with van der Waals surface area (Å²) >= 11 is 5.20. The number of benzene rings is 1. The van der Waals surface area contributed by atoms with Crippen LogP contribution in [0.5, 0.6) is 0 Å². The molecule has 5 heteroatoms. The van der Waals surface area contributed by atoms with Crippen molar-refractivity contribution >= 4 is 27.7 Å². The summed E-state index contributed by atoms with van der Waals surface area (Å²) in [5.41, 5.74) is 1.62. The Bertz CT molecular complexity index is 548. The maximum atomic E-state index is 9.06. The summed E-state index contributed by atoms with van der Waals surface area (Å²) in [6, 6.07) is 8.08. The summed E-state index contributed by atoms with van der Waals surface area (Å²) in [5.74, 6) is 1.50. The van der Waals surface area contributed by atoms with E-state index in [0.717, 1.165) is 27.3 Å². The highest BCUT2D eigenvalue weighted by molar-refractivity contribution is 9.10. The first-order valence-corrected chi connectivity index (χ1v) is 7.28. The lowest BCUT2D eigenvalue weighted by Crippen LogP contribution is -1.99. The molecule has 3 nitrogen and oxygen atoms in total. The number of halogens is 1. The summed E-state index contributed by atoms with van der Waals surface area (Å²) < 4.78 is 1.08. The number of hydrogen-bond donors (Lipinski definition) is 1. The van der Waals surface area contributed by atoms with E-state index in [4.69, 9.17) is 5.11 Å². The minimum absolute atomic E-state index is 0.0104. The predicted octanol–water partition coefficient (Wildman–Crippen LogP) is 3.33. The molecule has 94 valence electrons. The molecule has 2 rings (SSSR count). The molecule has 0 radical (unpaired) electrons. The number of hydrogen-bond acceptors (Lipinski definition) is 4. The molecule has 0 aliphatic heterocycles. The van der Waals surface area contributed by atoms with E-state index in [0.29, 0.717) is 0 Å². The molecule has 0 fully saturated rings. The number of aliphatic hydroxyl groups excluding tert-OH is 1. The molecule has 0 saturated carbocycles. The van der Waals surface area contributed by atoms with Gasteiger partial charge in [0.05, 0.1) is 12.4 Å².